The Morgan fingerprint density at radius 3 is 2.89 bits per heavy atom. The normalized spacial score (nSPS) is 14.5. The number of aromatic nitrogens is 2. The maximum atomic E-state index is 13.2. The lowest BCUT2D eigenvalue weighted by molar-refractivity contribution is 0.146. The largest absolute Gasteiger partial charge is 0.391 e. The van der Waals surface area contributed by atoms with E-state index in [2.05, 4.69) is 26.1 Å². The Morgan fingerprint density at radius 2 is 2.22 bits per heavy atom. The van der Waals surface area contributed by atoms with Gasteiger partial charge in [-0.3, -0.25) is 0 Å². The van der Waals surface area contributed by atoms with Crippen LogP contribution < -0.4 is 5.73 Å². The molecule has 3 N–H and O–H groups in total. The fourth-order valence-corrected chi connectivity index (χ4v) is 1.78. The zero-order chi connectivity index (χ0) is 13.3. The van der Waals surface area contributed by atoms with Gasteiger partial charge in [-0.2, -0.15) is 4.98 Å². The minimum atomic E-state index is -0.811. The van der Waals surface area contributed by atoms with Crippen LogP contribution in [0.3, 0.4) is 0 Å². The summed E-state index contributed by atoms with van der Waals surface area (Å²) in [6.45, 7) is 1.52. The maximum Gasteiger partial charge on any atom is 0.246 e. The van der Waals surface area contributed by atoms with Gasteiger partial charge in [0.2, 0.25) is 11.7 Å². The van der Waals surface area contributed by atoms with Crippen LogP contribution in [0.1, 0.15) is 18.9 Å². The van der Waals surface area contributed by atoms with E-state index in [1.54, 1.807) is 6.07 Å². The standard InChI is InChI=1S/C11H11BrFN3O2/c1-5(17)9(14)11-15-10(16-18-11)7-4-6(13)2-3-8(7)12/h2-5,9,17H,14H2,1H3. The number of halogens is 2. The third-order valence-electron chi connectivity index (χ3n) is 2.42. The lowest BCUT2D eigenvalue weighted by Crippen LogP contribution is -2.23. The fraction of sp³-hybridized carbons (Fsp3) is 0.273. The predicted octanol–water partition coefficient (Wildman–Crippen LogP) is 2.02. The van der Waals surface area contributed by atoms with E-state index in [1.165, 1.54) is 19.1 Å². The first kappa shape index (κ1) is 13.1. The van der Waals surface area contributed by atoms with Gasteiger partial charge in [-0.1, -0.05) is 21.1 Å². The molecule has 2 aromatic rings. The van der Waals surface area contributed by atoms with E-state index in [0.29, 0.717) is 10.0 Å². The molecule has 0 saturated heterocycles. The van der Waals surface area contributed by atoms with Crippen LogP contribution in [0.2, 0.25) is 0 Å². The second kappa shape index (κ2) is 5.13. The molecule has 18 heavy (non-hydrogen) atoms. The number of aliphatic hydroxyl groups excluding tert-OH is 1. The van der Waals surface area contributed by atoms with Gasteiger partial charge in [-0.05, 0) is 25.1 Å². The van der Waals surface area contributed by atoms with Gasteiger partial charge in [0, 0.05) is 10.0 Å². The molecule has 7 heteroatoms. The van der Waals surface area contributed by atoms with Crippen molar-refractivity contribution in [3.8, 4) is 11.4 Å². The molecule has 2 unspecified atom stereocenters. The Kier molecular flexibility index (Phi) is 3.74. The van der Waals surface area contributed by atoms with E-state index in [9.17, 15) is 9.50 Å². The average molecular weight is 316 g/mol. The number of hydrogen-bond donors (Lipinski definition) is 2. The molecule has 0 bridgehead atoms. The minimum absolute atomic E-state index is 0.108. The summed E-state index contributed by atoms with van der Waals surface area (Å²) in [4.78, 5) is 4.04. The van der Waals surface area contributed by atoms with Gasteiger partial charge >= 0.3 is 0 Å². The third-order valence-corrected chi connectivity index (χ3v) is 3.11. The van der Waals surface area contributed by atoms with Gasteiger partial charge < -0.3 is 15.4 Å². The van der Waals surface area contributed by atoms with Crippen LogP contribution in [-0.4, -0.2) is 21.4 Å². The van der Waals surface area contributed by atoms with Crippen LogP contribution in [0.15, 0.2) is 27.2 Å². The Hall–Kier alpha value is -1.31. The summed E-state index contributed by atoms with van der Waals surface area (Å²) in [6.07, 6.45) is -0.811. The zero-order valence-corrected chi connectivity index (χ0v) is 11.1. The Morgan fingerprint density at radius 1 is 1.50 bits per heavy atom. The molecule has 1 aromatic heterocycles. The molecular weight excluding hydrogens is 305 g/mol. The number of benzene rings is 1. The minimum Gasteiger partial charge on any atom is -0.391 e. The molecule has 2 atom stereocenters. The van der Waals surface area contributed by atoms with E-state index < -0.39 is 18.0 Å². The highest BCUT2D eigenvalue weighted by atomic mass is 79.9. The Bertz CT molecular complexity index is 559. The second-order valence-corrected chi connectivity index (χ2v) is 4.70. The molecule has 96 valence electrons. The van der Waals surface area contributed by atoms with Gasteiger partial charge in [-0.15, -0.1) is 0 Å². The van der Waals surface area contributed by atoms with Crippen LogP contribution in [0.25, 0.3) is 11.4 Å². The maximum absolute atomic E-state index is 13.2. The van der Waals surface area contributed by atoms with Crippen LogP contribution in [0, 0.1) is 5.82 Å². The van der Waals surface area contributed by atoms with Gasteiger partial charge in [0.25, 0.3) is 0 Å². The summed E-state index contributed by atoms with van der Waals surface area (Å²) >= 11 is 3.27. The molecular formula is C11H11BrFN3O2. The predicted molar refractivity (Wildman–Crippen MR) is 66.0 cm³/mol. The van der Waals surface area contributed by atoms with Crippen molar-refractivity contribution in [2.45, 2.75) is 19.1 Å². The summed E-state index contributed by atoms with van der Waals surface area (Å²) in [5, 5.41) is 13.0. The quantitative estimate of drug-likeness (QED) is 0.905. The second-order valence-electron chi connectivity index (χ2n) is 3.85. The summed E-state index contributed by atoms with van der Waals surface area (Å²) in [5.41, 5.74) is 6.13. The number of aliphatic hydroxyl groups is 1. The van der Waals surface area contributed by atoms with Crippen molar-refractivity contribution in [2.24, 2.45) is 5.73 Å². The van der Waals surface area contributed by atoms with Crippen LogP contribution in [0.5, 0.6) is 0 Å². The van der Waals surface area contributed by atoms with E-state index in [4.69, 9.17) is 10.3 Å². The smallest absolute Gasteiger partial charge is 0.246 e. The van der Waals surface area contributed by atoms with Crippen LogP contribution >= 0.6 is 15.9 Å². The van der Waals surface area contributed by atoms with Crippen molar-refractivity contribution in [3.05, 3.63) is 34.4 Å². The summed E-state index contributed by atoms with van der Waals surface area (Å²) in [6, 6.07) is 3.39. The molecule has 0 fully saturated rings. The zero-order valence-electron chi connectivity index (χ0n) is 9.47. The topological polar surface area (TPSA) is 85.2 Å². The van der Waals surface area contributed by atoms with Gasteiger partial charge in [0.1, 0.15) is 11.9 Å². The number of hydrogen-bond acceptors (Lipinski definition) is 5. The molecule has 0 aliphatic heterocycles. The lowest BCUT2D eigenvalue weighted by atomic mass is 10.2. The first-order chi connectivity index (χ1) is 8.49. The number of nitrogens with two attached hydrogens (primary N) is 1. The van der Waals surface area contributed by atoms with Crippen molar-refractivity contribution >= 4 is 15.9 Å². The SMILES string of the molecule is CC(O)C(N)c1nc(-c2cc(F)ccc2Br)no1. The Balaban J connectivity index is 2.38. The third kappa shape index (κ3) is 2.58. The summed E-state index contributed by atoms with van der Waals surface area (Å²) in [7, 11) is 0. The van der Waals surface area contributed by atoms with Crippen LogP contribution in [-0.2, 0) is 0 Å². The molecule has 0 spiro atoms. The molecule has 2 rings (SSSR count). The molecule has 5 nitrogen and oxygen atoms in total. The molecule has 0 aliphatic carbocycles. The Labute approximate surface area is 111 Å². The molecule has 0 amide bonds. The summed E-state index contributed by atoms with van der Waals surface area (Å²) in [5.74, 6) is -0.0805. The monoisotopic (exact) mass is 315 g/mol. The first-order valence-electron chi connectivity index (χ1n) is 5.21. The van der Waals surface area contributed by atoms with Crippen molar-refractivity contribution in [1.29, 1.82) is 0 Å². The lowest BCUT2D eigenvalue weighted by Gasteiger charge is -2.08. The van der Waals surface area contributed by atoms with Crippen molar-refractivity contribution in [2.75, 3.05) is 0 Å². The molecule has 0 aliphatic rings. The highest BCUT2D eigenvalue weighted by Crippen LogP contribution is 2.27. The van der Waals surface area contributed by atoms with Gasteiger partial charge in [0.15, 0.2) is 0 Å². The van der Waals surface area contributed by atoms with E-state index in [-0.39, 0.29) is 11.7 Å². The van der Waals surface area contributed by atoms with Crippen molar-refractivity contribution in [3.63, 3.8) is 0 Å². The fourth-order valence-electron chi connectivity index (χ4n) is 1.36. The summed E-state index contributed by atoms with van der Waals surface area (Å²) < 4.78 is 18.7. The highest BCUT2D eigenvalue weighted by molar-refractivity contribution is 9.10. The number of nitrogens with zero attached hydrogens (tertiary/aromatic N) is 2. The van der Waals surface area contributed by atoms with Crippen LogP contribution in [0.4, 0.5) is 4.39 Å². The first-order valence-corrected chi connectivity index (χ1v) is 6.01. The van der Waals surface area contributed by atoms with E-state index in [1.807, 2.05) is 0 Å². The van der Waals surface area contributed by atoms with E-state index in [0.717, 1.165) is 0 Å². The number of rotatable bonds is 3. The average Bonchev–Trinajstić information content (AvgIpc) is 2.80. The molecule has 0 radical (unpaired) electrons. The van der Waals surface area contributed by atoms with E-state index >= 15 is 0 Å². The van der Waals surface area contributed by atoms with Crippen molar-refractivity contribution < 1.29 is 14.0 Å². The van der Waals surface area contributed by atoms with Crippen molar-refractivity contribution in [1.82, 2.24) is 10.1 Å². The van der Waals surface area contributed by atoms with Gasteiger partial charge in [0.05, 0.1) is 6.10 Å². The molecule has 1 heterocycles. The van der Waals surface area contributed by atoms with Gasteiger partial charge in [-0.25, -0.2) is 4.39 Å². The highest BCUT2D eigenvalue weighted by Gasteiger charge is 2.20. The molecule has 0 saturated carbocycles. The molecule has 1 aromatic carbocycles.